The molecule has 1 saturated heterocycles. The van der Waals surface area contributed by atoms with E-state index in [0.29, 0.717) is 30.0 Å². The van der Waals surface area contributed by atoms with Crippen molar-refractivity contribution in [1.29, 1.82) is 0 Å². The number of thioether (sulfide) groups is 1. The summed E-state index contributed by atoms with van der Waals surface area (Å²) in [6.45, 7) is 2.62. The van der Waals surface area contributed by atoms with Crippen molar-refractivity contribution in [3.05, 3.63) is 34.1 Å². The molecule has 0 amide bonds. The molecule has 3 N–H and O–H groups in total. The Morgan fingerprint density at radius 2 is 2.13 bits per heavy atom. The molecule has 1 fully saturated rings. The number of benzene rings is 1. The molecular formula is C21H28F3N3O3S. The minimum atomic E-state index is -2.93. The first kappa shape index (κ1) is 23.9. The van der Waals surface area contributed by atoms with E-state index < -0.39 is 23.2 Å². The number of halogens is 3. The number of nitrogens with zero attached hydrogens (tertiary/aromatic N) is 1. The summed E-state index contributed by atoms with van der Waals surface area (Å²) in [4.78, 5) is 19.4. The number of aromatic amines is 1. The molecule has 0 radical (unpaired) electrons. The van der Waals surface area contributed by atoms with E-state index in [9.17, 15) is 18.0 Å². The van der Waals surface area contributed by atoms with Crippen LogP contribution in [0.15, 0.2) is 16.9 Å². The molecule has 2 aromatic rings. The zero-order chi connectivity index (χ0) is 22.4. The van der Waals surface area contributed by atoms with Crippen molar-refractivity contribution in [2.75, 3.05) is 26.4 Å². The largest absolute Gasteiger partial charge is 0.493 e. The summed E-state index contributed by atoms with van der Waals surface area (Å²) in [5.74, 6) is -3.85. The van der Waals surface area contributed by atoms with Crippen LogP contribution in [0.2, 0.25) is 0 Å². The zero-order valence-corrected chi connectivity index (χ0v) is 18.3. The van der Waals surface area contributed by atoms with Crippen LogP contribution in [0.5, 0.6) is 5.75 Å². The summed E-state index contributed by atoms with van der Waals surface area (Å²) >= 11 is 1.67. The maximum atomic E-state index is 14.6. The predicted molar refractivity (Wildman–Crippen MR) is 115 cm³/mol. The van der Waals surface area contributed by atoms with E-state index in [4.69, 9.17) is 15.2 Å². The average Bonchev–Trinajstić information content (AvgIpc) is 2.75. The third-order valence-electron chi connectivity index (χ3n) is 5.44. The number of nitrogens with one attached hydrogen (secondary N) is 1. The molecule has 0 spiro atoms. The van der Waals surface area contributed by atoms with Gasteiger partial charge in [-0.3, -0.25) is 4.79 Å². The van der Waals surface area contributed by atoms with E-state index in [1.807, 2.05) is 0 Å². The third-order valence-corrected chi connectivity index (χ3v) is 6.83. The lowest BCUT2D eigenvalue weighted by molar-refractivity contribution is -0.0770. The van der Waals surface area contributed by atoms with E-state index in [-0.39, 0.29) is 42.6 Å². The summed E-state index contributed by atoms with van der Waals surface area (Å²) in [5, 5.41) is 0.241. The van der Waals surface area contributed by atoms with Gasteiger partial charge in [-0.25, -0.2) is 18.2 Å². The van der Waals surface area contributed by atoms with Gasteiger partial charge in [-0.05, 0) is 25.8 Å². The van der Waals surface area contributed by atoms with Crippen molar-refractivity contribution in [2.45, 2.75) is 49.5 Å². The fourth-order valence-electron chi connectivity index (χ4n) is 3.54. The van der Waals surface area contributed by atoms with Gasteiger partial charge in [0.2, 0.25) is 0 Å². The summed E-state index contributed by atoms with van der Waals surface area (Å²) in [7, 11) is 0. The topological polar surface area (TPSA) is 90.2 Å². The summed E-state index contributed by atoms with van der Waals surface area (Å²) < 4.78 is 53.6. The maximum Gasteiger partial charge on any atom is 0.261 e. The van der Waals surface area contributed by atoms with Crippen LogP contribution in [0, 0.1) is 11.7 Å². The Kier molecular flexibility index (Phi) is 8.23. The van der Waals surface area contributed by atoms with Crippen LogP contribution in [-0.2, 0) is 10.5 Å². The summed E-state index contributed by atoms with van der Waals surface area (Å²) in [6.07, 6.45) is 1.61. The van der Waals surface area contributed by atoms with Gasteiger partial charge in [0.25, 0.3) is 11.5 Å². The molecule has 0 aliphatic carbocycles. The molecule has 2 heterocycles. The van der Waals surface area contributed by atoms with Crippen molar-refractivity contribution in [3.63, 3.8) is 0 Å². The molecular weight excluding hydrogens is 431 g/mol. The van der Waals surface area contributed by atoms with Crippen LogP contribution in [-0.4, -0.2) is 47.5 Å². The number of fused-ring (bicyclic) bond motifs is 1. The third kappa shape index (κ3) is 6.14. The Labute approximate surface area is 183 Å². The van der Waals surface area contributed by atoms with Crippen LogP contribution < -0.4 is 16.0 Å². The minimum absolute atomic E-state index is 0.0556. The first-order valence-electron chi connectivity index (χ1n) is 10.5. The number of ether oxygens (including phenoxy) is 2. The Bertz CT molecular complexity index is 935. The minimum Gasteiger partial charge on any atom is -0.493 e. The Morgan fingerprint density at radius 1 is 1.39 bits per heavy atom. The molecule has 31 heavy (non-hydrogen) atoms. The highest BCUT2D eigenvalue weighted by Gasteiger charge is 2.37. The van der Waals surface area contributed by atoms with Gasteiger partial charge in [0, 0.05) is 37.0 Å². The summed E-state index contributed by atoms with van der Waals surface area (Å²) in [6, 6.07) is 2.44. The maximum absolute atomic E-state index is 14.6. The molecule has 1 aromatic carbocycles. The first-order valence-corrected chi connectivity index (χ1v) is 11.5. The SMILES string of the molecule is CCC(F)(F)C(CCN)COc1cc(F)c2c(=O)[nH]c(CSC3CCOCC3)nc2c1. The highest BCUT2D eigenvalue weighted by Crippen LogP contribution is 2.32. The number of nitrogens with two attached hydrogens (primary N) is 1. The Morgan fingerprint density at radius 3 is 2.81 bits per heavy atom. The van der Waals surface area contributed by atoms with Gasteiger partial charge in [0.1, 0.15) is 22.8 Å². The van der Waals surface area contributed by atoms with Gasteiger partial charge in [-0.1, -0.05) is 6.92 Å². The molecule has 1 unspecified atom stereocenters. The fraction of sp³-hybridized carbons (Fsp3) is 0.619. The predicted octanol–water partition coefficient (Wildman–Crippen LogP) is 3.86. The molecule has 1 aromatic heterocycles. The molecule has 1 atom stereocenters. The van der Waals surface area contributed by atoms with E-state index in [0.717, 1.165) is 18.9 Å². The number of alkyl halides is 2. The Hall–Kier alpha value is -1.78. The molecule has 6 nitrogen and oxygen atoms in total. The van der Waals surface area contributed by atoms with Gasteiger partial charge < -0.3 is 20.2 Å². The lowest BCUT2D eigenvalue weighted by Crippen LogP contribution is -2.34. The normalized spacial score (nSPS) is 16.5. The molecule has 0 bridgehead atoms. The number of hydrogen-bond donors (Lipinski definition) is 2. The van der Waals surface area contributed by atoms with Crippen molar-refractivity contribution in [1.82, 2.24) is 9.97 Å². The molecule has 1 aliphatic rings. The van der Waals surface area contributed by atoms with Gasteiger partial charge in [-0.2, -0.15) is 11.8 Å². The average molecular weight is 460 g/mol. The van der Waals surface area contributed by atoms with Crippen molar-refractivity contribution in [2.24, 2.45) is 11.7 Å². The second-order valence-electron chi connectivity index (χ2n) is 7.63. The van der Waals surface area contributed by atoms with Gasteiger partial charge in [-0.15, -0.1) is 0 Å². The molecule has 172 valence electrons. The highest BCUT2D eigenvalue weighted by atomic mass is 32.2. The molecule has 3 rings (SSSR count). The molecule has 10 heteroatoms. The van der Waals surface area contributed by atoms with Crippen molar-refractivity contribution in [3.8, 4) is 5.75 Å². The highest BCUT2D eigenvalue weighted by molar-refractivity contribution is 7.99. The second kappa shape index (κ2) is 10.7. The molecule has 0 saturated carbocycles. The van der Waals surface area contributed by atoms with Crippen molar-refractivity contribution >= 4 is 22.7 Å². The quantitative estimate of drug-likeness (QED) is 0.561. The smallest absolute Gasteiger partial charge is 0.261 e. The lowest BCUT2D eigenvalue weighted by Gasteiger charge is -2.25. The fourth-order valence-corrected chi connectivity index (χ4v) is 4.60. The van der Waals surface area contributed by atoms with E-state index in [1.165, 1.54) is 13.0 Å². The lowest BCUT2D eigenvalue weighted by atomic mass is 9.96. The van der Waals surface area contributed by atoms with Crippen molar-refractivity contribution < 1.29 is 22.6 Å². The standard InChI is InChI=1S/C21H28F3N3O3S/c1-2-21(23,24)13(3-6-25)11-30-14-9-16(22)19-17(10-14)26-18(27-20(19)28)12-31-15-4-7-29-8-5-15/h9-10,13,15H,2-8,11-12,25H2,1H3,(H,26,27,28). The zero-order valence-electron chi connectivity index (χ0n) is 17.5. The second-order valence-corrected chi connectivity index (χ2v) is 8.92. The van der Waals surface area contributed by atoms with E-state index >= 15 is 0 Å². The number of hydrogen-bond acceptors (Lipinski definition) is 6. The van der Waals surface area contributed by atoms with Crippen LogP contribution in [0.25, 0.3) is 10.9 Å². The number of H-pyrrole nitrogens is 1. The molecule has 1 aliphatic heterocycles. The van der Waals surface area contributed by atoms with Crippen LogP contribution in [0.1, 0.15) is 38.4 Å². The summed E-state index contributed by atoms with van der Waals surface area (Å²) in [5.41, 5.74) is 5.02. The van der Waals surface area contributed by atoms with Crippen LogP contribution in [0.4, 0.5) is 13.2 Å². The number of aromatic nitrogens is 2. The van der Waals surface area contributed by atoms with Crippen LogP contribution >= 0.6 is 11.8 Å². The van der Waals surface area contributed by atoms with E-state index in [2.05, 4.69) is 9.97 Å². The number of rotatable bonds is 10. The van der Waals surface area contributed by atoms with Gasteiger partial charge in [0.15, 0.2) is 0 Å². The monoisotopic (exact) mass is 459 g/mol. The van der Waals surface area contributed by atoms with Crippen LogP contribution in [0.3, 0.4) is 0 Å². The first-order chi connectivity index (χ1) is 14.8. The van der Waals surface area contributed by atoms with E-state index in [1.54, 1.807) is 11.8 Å². The van der Waals surface area contributed by atoms with Gasteiger partial charge in [0.05, 0.1) is 23.8 Å². The van der Waals surface area contributed by atoms with Gasteiger partial charge >= 0.3 is 0 Å². The Balaban J connectivity index is 1.77.